The molecule has 0 aromatic heterocycles. The second-order valence-electron chi connectivity index (χ2n) is 1.44. The zero-order valence-electron chi connectivity index (χ0n) is 5.80. The molecule has 0 radical (unpaired) electrons. The van der Waals surface area contributed by atoms with E-state index in [2.05, 4.69) is 6.07 Å². The Bertz CT molecular complexity index is 155. The van der Waals surface area contributed by atoms with Gasteiger partial charge in [-0.2, -0.15) is 18.2 Å². The van der Waals surface area contributed by atoms with E-state index in [4.69, 9.17) is 4.74 Å². The second-order valence-corrected chi connectivity index (χ2v) is 1.44. The molecular formula is C7H7FMgO. The van der Waals surface area contributed by atoms with Gasteiger partial charge < -0.3 is 9.44 Å². The molecule has 0 amide bonds. The van der Waals surface area contributed by atoms with Crippen LogP contribution in [0.1, 0.15) is 0 Å². The molecule has 0 aliphatic carbocycles. The first-order chi connectivity index (χ1) is 3.93. The number of hydrogen-bond acceptors (Lipinski definition) is 1. The smallest absolute Gasteiger partial charge is 1.00 e. The Kier molecular flexibility index (Phi) is 8.47. The van der Waals surface area contributed by atoms with E-state index in [1.165, 1.54) is 0 Å². The van der Waals surface area contributed by atoms with Gasteiger partial charge in [-0.3, -0.25) is 0 Å². The maximum atomic E-state index is 4.89. The van der Waals surface area contributed by atoms with Crippen LogP contribution in [0, 0.1) is 6.07 Å². The average Bonchev–Trinajstić information content (AvgIpc) is 1.90. The van der Waals surface area contributed by atoms with Crippen molar-refractivity contribution in [3.05, 3.63) is 30.3 Å². The van der Waals surface area contributed by atoms with E-state index in [-0.39, 0.29) is 27.8 Å². The van der Waals surface area contributed by atoms with E-state index < -0.39 is 0 Å². The van der Waals surface area contributed by atoms with Crippen LogP contribution in [0.3, 0.4) is 0 Å². The van der Waals surface area contributed by atoms with Crippen molar-refractivity contribution in [1.82, 2.24) is 0 Å². The third-order valence-corrected chi connectivity index (χ3v) is 0.923. The van der Waals surface area contributed by atoms with Crippen molar-refractivity contribution in [2.45, 2.75) is 0 Å². The Morgan fingerprint density at radius 3 is 2.10 bits per heavy atom. The van der Waals surface area contributed by atoms with Crippen molar-refractivity contribution in [2.75, 3.05) is 7.11 Å². The largest absolute Gasteiger partial charge is 2.00 e. The van der Waals surface area contributed by atoms with Crippen LogP contribution in [0.2, 0.25) is 0 Å². The summed E-state index contributed by atoms with van der Waals surface area (Å²) in [5.74, 6) is 0.878. The average molecular weight is 150 g/mol. The summed E-state index contributed by atoms with van der Waals surface area (Å²) in [4.78, 5) is 0. The molecule has 50 valence electrons. The number of rotatable bonds is 1. The van der Waals surface area contributed by atoms with E-state index in [1.54, 1.807) is 7.11 Å². The molecule has 0 unspecified atom stereocenters. The molecular weight excluding hydrogens is 143 g/mol. The molecule has 10 heavy (non-hydrogen) atoms. The summed E-state index contributed by atoms with van der Waals surface area (Å²) in [5, 5.41) is 0. The fourth-order valence-corrected chi connectivity index (χ4v) is 0.508. The van der Waals surface area contributed by atoms with Crippen molar-refractivity contribution >= 4 is 23.1 Å². The first kappa shape index (κ1) is 12.4. The molecule has 1 rings (SSSR count). The summed E-state index contributed by atoms with van der Waals surface area (Å²) >= 11 is 0. The van der Waals surface area contributed by atoms with E-state index in [0.717, 1.165) is 5.75 Å². The van der Waals surface area contributed by atoms with Gasteiger partial charge in [0, 0.05) is 5.75 Å². The monoisotopic (exact) mass is 150 g/mol. The molecule has 0 saturated carbocycles. The Morgan fingerprint density at radius 2 is 1.80 bits per heavy atom. The molecule has 3 heteroatoms. The molecule has 0 aliphatic heterocycles. The minimum Gasteiger partial charge on any atom is -1.00 e. The molecule has 0 N–H and O–H groups in total. The molecule has 1 aromatic carbocycles. The molecule has 0 aliphatic rings. The number of benzene rings is 1. The maximum Gasteiger partial charge on any atom is 2.00 e. The SMILES string of the molecule is COc1cc[c-]cc1.[F-].[Mg+2]. The topological polar surface area (TPSA) is 9.23 Å². The second kappa shape index (κ2) is 6.83. The van der Waals surface area contributed by atoms with E-state index in [1.807, 2.05) is 24.3 Å². The van der Waals surface area contributed by atoms with Crippen molar-refractivity contribution in [2.24, 2.45) is 0 Å². The van der Waals surface area contributed by atoms with Crippen molar-refractivity contribution in [3.8, 4) is 5.75 Å². The van der Waals surface area contributed by atoms with Crippen LogP contribution >= 0.6 is 0 Å². The minimum absolute atomic E-state index is 0. The fraction of sp³-hybridized carbons (Fsp3) is 0.143. The van der Waals surface area contributed by atoms with Crippen LogP contribution in [0.5, 0.6) is 5.75 Å². The molecule has 1 nitrogen and oxygen atoms in total. The van der Waals surface area contributed by atoms with Crippen LogP contribution in [0.15, 0.2) is 24.3 Å². The van der Waals surface area contributed by atoms with Crippen LogP contribution in [-0.4, -0.2) is 30.2 Å². The predicted octanol–water partition coefficient (Wildman–Crippen LogP) is -1.88. The Labute approximate surface area is 75.9 Å². The summed E-state index contributed by atoms with van der Waals surface area (Å²) in [6, 6.07) is 10.2. The molecule has 1 aromatic rings. The van der Waals surface area contributed by atoms with Gasteiger partial charge in [-0.05, 0) is 0 Å². The third kappa shape index (κ3) is 3.69. The molecule has 0 atom stereocenters. The zero-order valence-corrected chi connectivity index (χ0v) is 7.22. The number of methoxy groups -OCH3 is 1. The summed E-state index contributed by atoms with van der Waals surface area (Å²) in [6.45, 7) is 0. The minimum atomic E-state index is 0. The van der Waals surface area contributed by atoms with Gasteiger partial charge in [0.2, 0.25) is 0 Å². The van der Waals surface area contributed by atoms with Crippen molar-refractivity contribution in [3.63, 3.8) is 0 Å². The van der Waals surface area contributed by atoms with Gasteiger partial charge in [0.15, 0.2) is 0 Å². The number of halogens is 1. The number of hydrogen-bond donors (Lipinski definition) is 0. The van der Waals surface area contributed by atoms with Gasteiger partial charge in [-0.25, -0.2) is 0 Å². The molecule has 0 heterocycles. The van der Waals surface area contributed by atoms with E-state index in [9.17, 15) is 0 Å². The molecule has 0 spiro atoms. The van der Waals surface area contributed by atoms with Gasteiger partial charge in [0.05, 0.1) is 7.11 Å². The third-order valence-electron chi connectivity index (χ3n) is 0.923. The predicted molar refractivity (Wildman–Crippen MR) is 37.6 cm³/mol. The molecule has 0 bridgehead atoms. The standard InChI is InChI=1S/C7H7O.FH.Mg/c1-8-7-5-3-2-4-6-7;;/h3-6H,1H3;1H;/q-1;;+2/p-1. The molecule has 0 saturated heterocycles. The normalized spacial score (nSPS) is 6.90. The Balaban J connectivity index is 0. The van der Waals surface area contributed by atoms with Crippen LogP contribution < -0.4 is 9.44 Å². The van der Waals surface area contributed by atoms with Crippen LogP contribution in [-0.2, 0) is 0 Å². The zero-order chi connectivity index (χ0) is 5.82. The van der Waals surface area contributed by atoms with Crippen molar-refractivity contribution < 1.29 is 9.44 Å². The summed E-state index contributed by atoms with van der Waals surface area (Å²) in [5.41, 5.74) is 0. The van der Waals surface area contributed by atoms with Gasteiger partial charge in [0.25, 0.3) is 0 Å². The van der Waals surface area contributed by atoms with Gasteiger partial charge in [-0.1, -0.05) is 0 Å². The van der Waals surface area contributed by atoms with Crippen LogP contribution in [0.4, 0.5) is 0 Å². The maximum absolute atomic E-state index is 4.89. The van der Waals surface area contributed by atoms with Gasteiger partial charge in [0.1, 0.15) is 0 Å². The van der Waals surface area contributed by atoms with Gasteiger partial charge >= 0.3 is 23.1 Å². The summed E-state index contributed by atoms with van der Waals surface area (Å²) < 4.78 is 4.89. The number of ether oxygens (including phenoxy) is 1. The Hall–Kier alpha value is -0.284. The first-order valence-corrected chi connectivity index (χ1v) is 2.43. The van der Waals surface area contributed by atoms with Crippen molar-refractivity contribution in [1.29, 1.82) is 0 Å². The Morgan fingerprint density at radius 1 is 1.30 bits per heavy atom. The van der Waals surface area contributed by atoms with Crippen LogP contribution in [0.25, 0.3) is 0 Å². The fourth-order valence-electron chi connectivity index (χ4n) is 0.508. The first-order valence-electron chi connectivity index (χ1n) is 2.43. The summed E-state index contributed by atoms with van der Waals surface area (Å²) in [6.07, 6.45) is 0. The molecule has 0 fully saturated rings. The summed E-state index contributed by atoms with van der Waals surface area (Å²) in [7, 11) is 1.65. The van der Waals surface area contributed by atoms with E-state index >= 15 is 0 Å². The quantitative estimate of drug-likeness (QED) is 0.336. The van der Waals surface area contributed by atoms with E-state index in [0.29, 0.717) is 0 Å². The van der Waals surface area contributed by atoms with Gasteiger partial charge in [-0.15, -0.1) is 12.1 Å².